The molecule has 31 heavy (non-hydrogen) atoms. The third kappa shape index (κ3) is 6.72. The van der Waals surface area contributed by atoms with Gasteiger partial charge in [-0.15, -0.1) is 0 Å². The lowest BCUT2D eigenvalue weighted by Crippen LogP contribution is -2.47. The Kier molecular flexibility index (Phi) is 8.29. The van der Waals surface area contributed by atoms with Crippen LogP contribution in [0.1, 0.15) is 27.9 Å². The predicted molar refractivity (Wildman–Crippen MR) is 126 cm³/mol. The first-order chi connectivity index (χ1) is 15.1. The van der Waals surface area contributed by atoms with Crippen LogP contribution >= 0.6 is 11.8 Å². The van der Waals surface area contributed by atoms with Crippen LogP contribution in [0.3, 0.4) is 0 Å². The number of carbonyl (C=O) groups is 2. The topological polar surface area (TPSA) is 76.0 Å². The van der Waals surface area contributed by atoms with E-state index >= 15 is 0 Å². The van der Waals surface area contributed by atoms with Crippen molar-refractivity contribution in [2.24, 2.45) is 0 Å². The van der Waals surface area contributed by atoms with Gasteiger partial charge in [-0.3, -0.25) is 9.59 Å². The summed E-state index contributed by atoms with van der Waals surface area (Å²) in [7, 11) is 0. The number of amides is 2. The Hall–Kier alpha value is -3.06. The molecule has 2 N–H and O–H groups in total. The van der Waals surface area contributed by atoms with Crippen molar-refractivity contribution < 1.29 is 9.59 Å². The highest BCUT2D eigenvalue weighted by molar-refractivity contribution is 7.98. The van der Waals surface area contributed by atoms with Gasteiger partial charge < -0.3 is 10.6 Å². The molecule has 0 spiro atoms. The Bertz CT molecular complexity index is 987. The number of carbonyl (C=O) groups excluding carboxylic acids is 2. The summed E-state index contributed by atoms with van der Waals surface area (Å²) in [5.41, 5.74) is 3.70. The molecular weight excluding hydrogens is 408 g/mol. The van der Waals surface area contributed by atoms with E-state index in [0.717, 1.165) is 22.6 Å². The summed E-state index contributed by atoms with van der Waals surface area (Å²) in [6, 6.07) is 16.8. The van der Waals surface area contributed by atoms with Gasteiger partial charge in [0.1, 0.15) is 6.04 Å². The summed E-state index contributed by atoms with van der Waals surface area (Å²) >= 11 is 1.66. The molecule has 0 aliphatic heterocycles. The second-order valence-corrected chi connectivity index (χ2v) is 8.32. The van der Waals surface area contributed by atoms with Crippen molar-refractivity contribution in [2.75, 3.05) is 18.6 Å². The lowest BCUT2D eigenvalue weighted by molar-refractivity contribution is -0.122. The Morgan fingerprint density at radius 1 is 1.13 bits per heavy atom. The first-order valence-corrected chi connectivity index (χ1v) is 11.7. The van der Waals surface area contributed by atoms with Gasteiger partial charge in [0, 0.05) is 24.5 Å². The van der Waals surface area contributed by atoms with Gasteiger partial charge in [-0.1, -0.05) is 29.8 Å². The average Bonchev–Trinajstić information content (AvgIpc) is 3.32. The Balaban J connectivity index is 1.53. The fraction of sp³-hybridized carbons (Fsp3) is 0.292. The van der Waals surface area contributed by atoms with Gasteiger partial charge in [0.05, 0.1) is 5.69 Å². The SMILES string of the molecule is CSCCC(NC(=O)c1cccc(C)c1)C(=O)NCCc1ccc(-n2cccn2)cc1. The summed E-state index contributed by atoms with van der Waals surface area (Å²) in [5, 5.41) is 10.1. The van der Waals surface area contributed by atoms with Crippen LogP contribution in [0.15, 0.2) is 67.0 Å². The van der Waals surface area contributed by atoms with Crippen molar-refractivity contribution in [3.8, 4) is 5.69 Å². The molecule has 1 heterocycles. The number of nitrogens with one attached hydrogen (secondary N) is 2. The van der Waals surface area contributed by atoms with Gasteiger partial charge in [0.15, 0.2) is 0 Å². The van der Waals surface area contributed by atoms with Gasteiger partial charge >= 0.3 is 0 Å². The van der Waals surface area contributed by atoms with Crippen molar-refractivity contribution in [2.45, 2.75) is 25.8 Å². The second kappa shape index (κ2) is 11.4. The van der Waals surface area contributed by atoms with Crippen molar-refractivity contribution in [1.82, 2.24) is 20.4 Å². The molecular formula is C24H28N4O2S. The van der Waals surface area contributed by atoms with Gasteiger partial charge in [-0.25, -0.2) is 4.68 Å². The summed E-state index contributed by atoms with van der Waals surface area (Å²) in [6.45, 7) is 2.45. The highest BCUT2D eigenvalue weighted by atomic mass is 32.2. The van der Waals surface area contributed by atoms with E-state index in [9.17, 15) is 9.59 Å². The number of aromatic nitrogens is 2. The van der Waals surface area contributed by atoms with Crippen molar-refractivity contribution >= 4 is 23.6 Å². The molecule has 0 radical (unpaired) electrons. The van der Waals surface area contributed by atoms with Crippen LogP contribution in [0.5, 0.6) is 0 Å². The number of hydrogen-bond donors (Lipinski definition) is 2. The van der Waals surface area contributed by atoms with E-state index in [1.165, 1.54) is 0 Å². The molecule has 1 atom stereocenters. The van der Waals surface area contributed by atoms with E-state index in [-0.39, 0.29) is 11.8 Å². The number of thioether (sulfide) groups is 1. The van der Waals surface area contributed by atoms with E-state index in [2.05, 4.69) is 15.7 Å². The lowest BCUT2D eigenvalue weighted by atomic mass is 10.1. The molecule has 0 fully saturated rings. The van der Waals surface area contributed by atoms with Crippen LogP contribution in [0.4, 0.5) is 0 Å². The summed E-state index contributed by atoms with van der Waals surface area (Å²) in [4.78, 5) is 25.3. The molecule has 0 saturated carbocycles. The number of nitrogens with zero attached hydrogens (tertiary/aromatic N) is 2. The molecule has 2 aromatic carbocycles. The second-order valence-electron chi connectivity index (χ2n) is 7.34. The lowest BCUT2D eigenvalue weighted by Gasteiger charge is -2.18. The number of aryl methyl sites for hydroxylation is 1. The predicted octanol–water partition coefficient (Wildman–Crippen LogP) is 3.39. The van der Waals surface area contributed by atoms with Crippen LogP contribution in [0.25, 0.3) is 5.69 Å². The average molecular weight is 437 g/mol. The molecule has 7 heteroatoms. The van der Waals surface area contributed by atoms with Gasteiger partial charge in [0.2, 0.25) is 5.91 Å². The molecule has 3 rings (SSSR count). The van der Waals surface area contributed by atoms with Crippen LogP contribution < -0.4 is 10.6 Å². The minimum absolute atomic E-state index is 0.150. The smallest absolute Gasteiger partial charge is 0.251 e. The molecule has 2 amide bonds. The third-order valence-electron chi connectivity index (χ3n) is 4.93. The molecule has 3 aromatic rings. The van der Waals surface area contributed by atoms with Crippen LogP contribution in [-0.2, 0) is 11.2 Å². The number of hydrogen-bond acceptors (Lipinski definition) is 4. The minimum atomic E-state index is -0.553. The molecule has 1 aromatic heterocycles. The van der Waals surface area contributed by atoms with E-state index in [0.29, 0.717) is 24.9 Å². The van der Waals surface area contributed by atoms with E-state index in [4.69, 9.17) is 0 Å². The van der Waals surface area contributed by atoms with Crippen molar-refractivity contribution in [1.29, 1.82) is 0 Å². The van der Waals surface area contributed by atoms with Crippen LogP contribution in [0.2, 0.25) is 0 Å². The maximum atomic E-state index is 12.7. The molecule has 0 bridgehead atoms. The number of rotatable bonds is 10. The largest absolute Gasteiger partial charge is 0.354 e. The zero-order valence-electron chi connectivity index (χ0n) is 17.9. The Morgan fingerprint density at radius 2 is 1.94 bits per heavy atom. The molecule has 0 aliphatic carbocycles. The Morgan fingerprint density at radius 3 is 2.61 bits per heavy atom. The molecule has 162 valence electrons. The first-order valence-electron chi connectivity index (χ1n) is 10.3. The van der Waals surface area contributed by atoms with Gasteiger partial charge in [-0.2, -0.15) is 16.9 Å². The monoisotopic (exact) mass is 436 g/mol. The van der Waals surface area contributed by atoms with Crippen molar-refractivity contribution in [3.05, 3.63) is 83.7 Å². The minimum Gasteiger partial charge on any atom is -0.354 e. The standard InChI is InChI=1S/C24H28N4O2S/c1-18-5-3-6-20(17-18)23(29)27-22(12-16-31-2)24(30)25-14-11-19-7-9-21(10-8-19)28-15-4-13-26-28/h3-10,13,15,17,22H,11-12,14,16H2,1-2H3,(H,25,30)(H,27,29). The van der Waals surface area contributed by atoms with Crippen LogP contribution in [0, 0.1) is 6.92 Å². The fourth-order valence-corrected chi connectivity index (χ4v) is 3.69. The third-order valence-corrected chi connectivity index (χ3v) is 5.57. The maximum Gasteiger partial charge on any atom is 0.251 e. The molecule has 6 nitrogen and oxygen atoms in total. The van der Waals surface area contributed by atoms with E-state index < -0.39 is 6.04 Å². The summed E-state index contributed by atoms with van der Waals surface area (Å²) in [5.74, 6) is 0.420. The van der Waals surface area contributed by atoms with E-state index in [1.54, 1.807) is 28.7 Å². The normalized spacial score (nSPS) is 11.7. The first kappa shape index (κ1) is 22.6. The highest BCUT2D eigenvalue weighted by Gasteiger charge is 2.20. The summed E-state index contributed by atoms with van der Waals surface area (Å²) in [6.07, 6.45) is 6.93. The van der Waals surface area contributed by atoms with Crippen molar-refractivity contribution in [3.63, 3.8) is 0 Å². The zero-order chi connectivity index (χ0) is 22.1. The number of benzene rings is 2. The Labute approximate surface area is 187 Å². The quantitative estimate of drug-likeness (QED) is 0.511. The maximum absolute atomic E-state index is 12.7. The van der Waals surface area contributed by atoms with Gasteiger partial charge in [-0.05, 0) is 67.7 Å². The highest BCUT2D eigenvalue weighted by Crippen LogP contribution is 2.10. The molecule has 1 unspecified atom stereocenters. The van der Waals surface area contributed by atoms with Crippen LogP contribution in [-0.4, -0.2) is 46.2 Å². The zero-order valence-corrected chi connectivity index (χ0v) is 18.7. The fourth-order valence-electron chi connectivity index (χ4n) is 3.22. The van der Waals surface area contributed by atoms with E-state index in [1.807, 2.05) is 67.9 Å². The van der Waals surface area contributed by atoms with Gasteiger partial charge in [0.25, 0.3) is 5.91 Å². The summed E-state index contributed by atoms with van der Waals surface area (Å²) < 4.78 is 1.80. The molecule has 0 saturated heterocycles. The molecule has 0 aliphatic rings.